The van der Waals surface area contributed by atoms with Crippen molar-refractivity contribution in [1.29, 1.82) is 0 Å². The van der Waals surface area contributed by atoms with Gasteiger partial charge in [-0.1, -0.05) is 11.6 Å². The molecule has 2 N–H and O–H groups in total. The van der Waals surface area contributed by atoms with Crippen LogP contribution in [0, 0.1) is 12.7 Å². The zero-order valence-electron chi connectivity index (χ0n) is 10.1. The van der Waals surface area contributed by atoms with Gasteiger partial charge in [-0.25, -0.2) is 14.4 Å². The molecule has 96 valence electrons. The Morgan fingerprint density at radius 1 is 1.21 bits per heavy atom. The summed E-state index contributed by atoms with van der Waals surface area (Å²) in [5.74, 6) is -0.189. The van der Waals surface area contributed by atoms with Crippen LogP contribution in [0.2, 0.25) is 5.02 Å². The number of nitrogen functional groups attached to an aromatic ring is 1. The maximum absolute atomic E-state index is 13.5. The predicted molar refractivity (Wildman–Crippen MR) is 73.0 cm³/mol. The van der Waals surface area contributed by atoms with Crippen LogP contribution in [0.5, 0.6) is 0 Å². The topological polar surface area (TPSA) is 56.7 Å². The van der Waals surface area contributed by atoms with Crippen LogP contribution in [0.3, 0.4) is 0 Å². The molecule has 3 rings (SSSR count). The highest BCUT2D eigenvalue weighted by atomic mass is 35.5. The molecule has 0 radical (unpaired) electrons. The first-order chi connectivity index (χ1) is 9.04. The van der Waals surface area contributed by atoms with Crippen molar-refractivity contribution in [1.82, 2.24) is 14.5 Å². The Morgan fingerprint density at radius 3 is 2.74 bits per heavy atom. The van der Waals surface area contributed by atoms with Crippen molar-refractivity contribution in [2.24, 2.45) is 0 Å². The quantitative estimate of drug-likeness (QED) is 0.743. The van der Waals surface area contributed by atoms with E-state index in [1.165, 1.54) is 12.1 Å². The van der Waals surface area contributed by atoms with E-state index in [2.05, 4.69) is 9.97 Å². The standard InChI is InChI=1S/C13H10ClFN4/c1-7-2-3-11-12(17-7)19(13(16)18-11)10-5-8(14)4-9(15)6-10/h2-6H,1H3,(H2,16,18). The first kappa shape index (κ1) is 11.9. The van der Waals surface area contributed by atoms with Gasteiger partial charge in [0.15, 0.2) is 5.65 Å². The fraction of sp³-hybridized carbons (Fsp3) is 0.0769. The van der Waals surface area contributed by atoms with E-state index in [4.69, 9.17) is 17.3 Å². The van der Waals surface area contributed by atoms with Crippen molar-refractivity contribution in [2.75, 3.05) is 5.73 Å². The molecule has 0 saturated carbocycles. The predicted octanol–water partition coefficient (Wildman–Crippen LogP) is 3.10. The number of rotatable bonds is 1. The van der Waals surface area contributed by atoms with Crippen LogP contribution < -0.4 is 5.73 Å². The van der Waals surface area contributed by atoms with Crippen molar-refractivity contribution < 1.29 is 4.39 Å². The number of pyridine rings is 1. The van der Waals surface area contributed by atoms with Gasteiger partial charge in [0.2, 0.25) is 5.95 Å². The van der Waals surface area contributed by atoms with Crippen molar-refractivity contribution >= 4 is 28.7 Å². The average molecular weight is 277 g/mol. The Labute approximate surface area is 113 Å². The van der Waals surface area contributed by atoms with Crippen molar-refractivity contribution in [3.8, 4) is 5.69 Å². The van der Waals surface area contributed by atoms with Gasteiger partial charge in [0.05, 0.1) is 5.69 Å². The lowest BCUT2D eigenvalue weighted by atomic mass is 10.3. The first-order valence-electron chi connectivity index (χ1n) is 5.62. The monoisotopic (exact) mass is 276 g/mol. The Bertz CT molecular complexity index is 761. The number of hydrogen-bond acceptors (Lipinski definition) is 3. The van der Waals surface area contributed by atoms with E-state index in [-0.39, 0.29) is 5.95 Å². The Kier molecular flexibility index (Phi) is 2.64. The highest BCUT2D eigenvalue weighted by Crippen LogP contribution is 2.24. The number of halogens is 2. The van der Waals surface area contributed by atoms with Gasteiger partial charge in [0, 0.05) is 10.7 Å². The second-order valence-electron chi connectivity index (χ2n) is 4.23. The second-order valence-corrected chi connectivity index (χ2v) is 4.66. The normalized spacial score (nSPS) is 11.1. The number of benzene rings is 1. The molecular weight excluding hydrogens is 267 g/mol. The van der Waals surface area contributed by atoms with Crippen LogP contribution in [0.25, 0.3) is 16.9 Å². The van der Waals surface area contributed by atoms with Crippen LogP contribution in [-0.2, 0) is 0 Å². The number of fused-ring (bicyclic) bond motifs is 1. The minimum absolute atomic E-state index is 0.245. The first-order valence-corrected chi connectivity index (χ1v) is 6.00. The van der Waals surface area contributed by atoms with Crippen LogP contribution in [0.15, 0.2) is 30.3 Å². The molecular formula is C13H10ClFN4. The van der Waals surface area contributed by atoms with Crippen LogP contribution in [0.4, 0.5) is 10.3 Å². The summed E-state index contributed by atoms with van der Waals surface area (Å²) in [5, 5.41) is 0.295. The Hall–Kier alpha value is -2.14. The summed E-state index contributed by atoms with van der Waals surface area (Å²) < 4.78 is 15.0. The van der Waals surface area contributed by atoms with Gasteiger partial charge in [-0.3, -0.25) is 4.57 Å². The zero-order valence-corrected chi connectivity index (χ0v) is 10.8. The van der Waals surface area contributed by atoms with E-state index < -0.39 is 5.82 Å². The molecule has 2 heterocycles. The summed E-state index contributed by atoms with van der Waals surface area (Å²) in [7, 11) is 0. The van der Waals surface area contributed by atoms with Crippen LogP contribution in [-0.4, -0.2) is 14.5 Å². The molecule has 0 spiro atoms. The summed E-state index contributed by atoms with van der Waals surface area (Å²) in [6.45, 7) is 1.87. The number of nitrogens with zero attached hydrogens (tertiary/aromatic N) is 3. The highest BCUT2D eigenvalue weighted by molar-refractivity contribution is 6.30. The van der Waals surface area contributed by atoms with Gasteiger partial charge in [0.25, 0.3) is 0 Å². The van der Waals surface area contributed by atoms with Gasteiger partial charge >= 0.3 is 0 Å². The van der Waals surface area contributed by atoms with Gasteiger partial charge < -0.3 is 5.73 Å². The molecule has 1 aromatic carbocycles. The largest absolute Gasteiger partial charge is 0.369 e. The minimum atomic E-state index is -0.434. The summed E-state index contributed by atoms with van der Waals surface area (Å²) in [6, 6.07) is 7.86. The molecule has 0 amide bonds. The molecule has 0 unspecified atom stereocenters. The Balaban J connectivity index is 2.35. The molecule has 0 saturated heterocycles. The van der Waals surface area contributed by atoms with Gasteiger partial charge in [-0.15, -0.1) is 0 Å². The van der Waals surface area contributed by atoms with Crippen molar-refractivity contribution in [3.05, 3.63) is 46.9 Å². The molecule has 6 heteroatoms. The number of hydrogen-bond donors (Lipinski definition) is 1. The molecule has 0 aliphatic rings. The van der Waals surface area contributed by atoms with Crippen molar-refractivity contribution in [2.45, 2.75) is 6.92 Å². The SMILES string of the molecule is Cc1ccc2nc(N)n(-c3cc(F)cc(Cl)c3)c2n1. The fourth-order valence-corrected chi connectivity index (χ4v) is 2.21. The number of aryl methyl sites for hydroxylation is 1. The molecule has 0 atom stereocenters. The van der Waals surface area contributed by atoms with E-state index in [0.29, 0.717) is 21.9 Å². The van der Waals surface area contributed by atoms with E-state index in [1.54, 1.807) is 10.6 Å². The number of imidazole rings is 1. The maximum atomic E-state index is 13.5. The van der Waals surface area contributed by atoms with E-state index >= 15 is 0 Å². The number of anilines is 1. The molecule has 0 aliphatic heterocycles. The second kappa shape index (κ2) is 4.20. The van der Waals surface area contributed by atoms with E-state index in [9.17, 15) is 4.39 Å². The average Bonchev–Trinajstić information content (AvgIpc) is 2.63. The minimum Gasteiger partial charge on any atom is -0.369 e. The molecule has 0 bridgehead atoms. The highest BCUT2D eigenvalue weighted by Gasteiger charge is 2.12. The third-order valence-electron chi connectivity index (χ3n) is 2.78. The van der Waals surface area contributed by atoms with E-state index in [0.717, 1.165) is 5.69 Å². The zero-order chi connectivity index (χ0) is 13.6. The smallest absolute Gasteiger partial charge is 0.207 e. The lowest BCUT2D eigenvalue weighted by molar-refractivity contribution is 0.627. The number of nitrogens with two attached hydrogens (primary N) is 1. The van der Waals surface area contributed by atoms with E-state index in [1.807, 2.05) is 19.1 Å². The molecule has 3 aromatic rings. The lowest BCUT2D eigenvalue weighted by Crippen LogP contribution is -2.02. The maximum Gasteiger partial charge on any atom is 0.207 e. The summed E-state index contributed by atoms with van der Waals surface area (Å²) in [6.07, 6.45) is 0. The molecule has 0 fully saturated rings. The van der Waals surface area contributed by atoms with Gasteiger partial charge in [0.1, 0.15) is 11.3 Å². The van der Waals surface area contributed by atoms with Crippen LogP contribution >= 0.6 is 11.6 Å². The number of aromatic nitrogens is 3. The summed E-state index contributed by atoms with van der Waals surface area (Å²) in [5.41, 5.74) is 8.45. The molecule has 19 heavy (non-hydrogen) atoms. The fourth-order valence-electron chi connectivity index (χ4n) is 1.99. The summed E-state index contributed by atoms with van der Waals surface area (Å²) >= 11 is 5.87. The molecule has 2 aromatic heterocycles. The Morgan fingerprint density at radius 2 is 2.00 bits per heavy atom. The molecule has 0 aliphatic carbocycles. The lowest BCUT2D eigenvalue weighted by Gasteiger charge is -2.07. The van der Waals surface area contributed by atoms with Gasteiger partial charge in [-0.05, 0) is 37.3 Å². The third kappa shape index (κ3) is 2.02. The van der Waals surface area contributed by atoms with Crippen molar-refractivity contribution in [3.63, 3.8) is 0 Å². The van der Waals surface area contributed by atoms with Gasteiger partial charge in [-0.2, -0.15) is 0 Å². The third-order valence-corrected chi connectivity index (χ3v) is 2.99. The molecule has 4 nitrogen and oxygen atoms in total. The van der Waals surface area contributed by atoms with Crippen LogP contribution in [0.1, 0.15) is 5.69 Å². The summed E-state index contributed by atoms with van der Waals surface area (Å²) in [4.78, 5) is 8.59.